The number of anilines is 1. The Morgan fingerprint density at radius 1 is 1.25 bits per heavy atom. The zero-order chi connectivity index (χ0) is 14.3. The molecule has 2 unspecified atom stereocenters. The standard InChI is InChI=1S/C16H21N3O/c1-11-10-19(12(2)9-17-11)15-8-16(20)18(3)14-7-5-4-6-13(14)15/h4-8,11-12,17H,9-10H2,1-3H3. The molecule has 0 amide bonds. The zero-order valence-electron chi connectivity index (χ0n) is 12.3. The Morgan fingerprint density at radius 2 is 2.00 bits per heavy atom. The predicted molar refractivity (Wildman–Crippen MR) is 83.5 cm³/mol. The molecule has 1 aromatic heterocycles. The van der Waals surface area contributed by atoms with Gasteiger partial charge in [-0.05, 0) is 19.9 Å². The summed E-state index contributed by atoms with van der Waals surface area (Å²) < 4.78 is 1.72. The van der Waals surface area contributed by atoms with Gasteiger partial charge in [-0.15, -0.1) is 0 Å². The van der Waals surface area contributed by atoms with E-state index in [9.17, 15) is 4.79 Å². The predicted octanol–water partition coefficient (Wildman–Crippen LogP) is 1.73. The highest BCUT2D eigenvalue weighted by molar-refractivity contribution is 5.92. The number of hydrogen-bond acceptors (Lipinski definition) is 3. The molecule has 1 N–H and O–H groups in total. The fourth-order valence-electron chi connectivity index (χ4n) is 2.99. The van der Waals surface area contributed by atoms with Gasteiger partial charge in [0, 0.05) is 43.7 Å². The second-order valence-electron chi connectivity index (χ2n) is 5.75. The van der Waals surface area contributed by atoms with Crippen molar-refractivity contribution in [3.63, 3.8) is 0 Å². The highest BCUT2D eigenvalue weighted by Crippen LogP contribution is 2.27. The van der Waals surface area contributed by atoms with Crippen LogP contribution in [0.25, 0.3) is 10.9 Å². The van der Waals surface area contributed by atoms with Crippen molar-refractivity contribution < 1.29 is 0 Å². The summed E-state index contributed by atoms with van der Waals surface area (Å²) in [5, 5.41) is 4.63. The molecular formula is C16H21N3O. The number of benzene rings is 1. The van der Waals surface area contributed by atoms with Gasteiger partial charge in [-0.3, -0.25) is 4.79 Å². The summed E-state index contributed by atoms with van der Waals surface area (Å²) in [5.41, 5.74) is 2.11. The zero-order valence-corrected chi connectivity index (χ0v) is 12.3. The van der Waals surface area contributed by atoms with Crippen LogP contribution in [0.1, 0.15) is 13.8 Å². The highest BCUT2D eigenvalue weighted by atomic mass is 16.1. The van der Waals surface area contributed by atoms with Gasteiger partial charge in [-0.25, -0.2) is 0 Å². The number of nitrogens with zero attached hydrogens (tertiary/aromatic N) is 2. The van der Waals surface area contributed by atoms with Crippen molar-refractivity contribution in [2.75, 3.05) is 18.0 Å². The van der Waals surface area contributed by atoms with Crippen LogP contribution >= 0.6 is 0 Å². The number of aryl methyl sites for hydroxylation is 1. The van der Waals surface area contributed by atoms with Gasteiger partial charge in [0.05, 0.1) is 11.2 Å². The Morgan fingerprint density at radius 3 is 2.80 bits per heavy atom. The lowest BCUT2D eigenvalue weighted by Crippen LogP contribution is -2.54. The molecule has 0 saturated carbocycles. The van der Waals surface area contributed by atoms with E-state index in [1.54, 1.807) is 10.6 Å². The largest absolute Gasteiger partial charge is 0.365 e. The van der Waals surface area contributed by atoms with E-state index >= 15 is 0 Å². The minimum atomic E-state index is 0.0529. The molecule has 4 nitrogen and oxygen atoms in total. The van der Waals surface area contributed by atoms with E-state index in [-0.39, 0.29) is 5.56 Å². The summed E-state index contributed by atoms with van der Waals surface area (Å²) in [7, 11) is 1.83. The minimum Gasteiger partial charge on any atom is -0.365 e. The molecule has 0 bridgehead atoms. The molecule has 0 radical (unpaired) electrons. The Bertz CT molecular complexity index is 692. The normalized spacial score (nSPS) is 23.2. The van der Waals surface area contributed by atoms with Crippen molar-refractivity contribution >= 4 is 16.6 Å². The van der Waals surface area contributed by atoms with E-state index in [0.717, 1.165) is 29.7 Å². The highest BCUT2D eigenvalue weighted by Gasteiger charge is 2.24. The molecule has 0 aliphatic carbocycles. The Kier molecular flexibility index (Phi) is 3.26. The van der Waals surface area contributed by atoms with E-state index in [1.165, 1.54) is 0 Å². The number of hydrogen-bond donors (Lipinski definition) is 1. The van der Waals surface area contributed by atoms with E-state index < -0.39 is 0 Å². The van der Waals surface area contributed by atoms with Crippen molar-refractivity contribution in [2.45, 2.75) is 25.9 Å². The van der Waals surface area contributed by atoms with Gasteiger partial charge in [0.15, 0.2) is 0 Å². The Hall–Kier alpha value is -1.81. The van der Waals surface area contributed by atoms with Gasteiger partial charge < -0.3 is 14.8 Å². The molecule has 0 spiro atoms. The van der Waals surface area contributed by atoms with Crippen molar-refractivity contribution in [1.82, 2.24) is 9.88 Å². The van der Waals surface area contributed by atoms with Crippen LogP contribution in [0, 0.1) is 0 Å². The van der Waals surface area contributed by atoms with Gasteiger partial charge in [0.25, 0.3) is 5.56 Å². The maximum Gasteiger partial charge on any atom is 0.252 e. The number of para-hydroxylation sites is 1. The average Bonchev–Trinajstić information content (AvgIpc) is 2.46. The first-order valence-corrected chi connectivity index (χ1v) is 7.16. The topological polar surface area (TPSA) is 37.3 Å². The second kappa shape index (κ2) is 4.94. The molecule has 106 valence electrons. The van der Waals surface area contributed by atoms with E-state index in [2.05, 4.69) is 30.1 Å². The van der Waals surface area contributed by atoms with Crippen LogP contribution in [0.3, 0.4) is 0 Å². The molecule has 20 heavy (non-hydrogen) atoms. The first-order valence-electron chi connectivity index (χ1n) is 7.16. The van der Waals surface area contributed by atoms with Crippen molar-refractivity contribution in [2.24, 2.45) is 7.05 Å². The van der Waals surface area contributed by atoms with Crippen LogP contribution in [-0.2, 0) is 7.05 Å². The minimum absolute atomic E-state index is 0.0529. The summed E-state index contributed by atoms with van der Waals surface area (Å²) in [6.07, 6.45) is 0. The summed E-state index contributed by atoms with van der Waals surface area (Å²) in [5.74, 6) is 0. The molecule has 2 aromatic rings. The van der Waals surface area contributed by atoms with Gasteiger partial charge in [-0.1, -0.05) is 18.2 Å². The third-order valence-electron chi connectivity index (χ3n) is 4.21. The van der Waals surface area contributed by atoms with Crippen LogP contribution in [0.15, 0.2) is 35.1 Å². The smallest absolute Gasteiger partial charge is 0.252 e. The molecular weight excluding hydrogens is 250 g/mol. The molecule has 1 aromatic carbocycles. The number of pyridine rings is 1. The third-order valence-corrected chi connectivity index (χ3v) is 4.21. The number of fused-ring (bicyclic) bond motifs is 1. The van der Waals surface area contributed by atoms with Crippen LogP contribution in [0.5, 0.6) is 0 Å². The summed E-state index contributed by atoms with van der Waals surface area (Å²) in [6, 6.07) is 10.7. The quantitative estimate of drug-likeness (QED) is 0.858. The van der Waals surface area contributed by atoms with Crippen molar-refractivity contribution in [3.8, 4) is 0 Å². The number of piperazine rings is 1. The number of nitrogens with one attached hydrogen (secondary N) is 1. The van der Waals surface area contributed by atoms with Crippen LogP contribution in [0.4, 0.5) is 5.69 Å². The number of rotatable bonds is 1. The van der Waals surface area contributed by atoms with E-state index in [4.69, 9.17) is 0 Å². The molecule has 2 heterocycles. The molecule has 4 heteroatoms. The molecule has 3 rings (SSSR count). The third kappa shape index (κ3) is 2.10. The fourth-order valence-corrected chi connectivity index (χ4v) is 2.99. The molecule has 1 aliphatic rings. The lowest BCUT2D eigenvalue weighted by molar-refractivity contribution is 0.425. The van der Waals surface area contributed by atoms with Gasteiger partial charge in [-0.2, -0.15) is 0 Å². The summed E-state index contributed by atoms with van der Waals surface area (Å²) >= 11 is 0. The lowest BCUT2D eigenvalue weighted by Gasteiger charge is -2.39. The lowest BCUT2D eigenvalue weighted by atomic mass is 10.1. The average molecular weight is 271 g/mol. The van der Waals surface area contributed by atoms with E-state index in [0.29, 0.717) is 12.1 Å². The summed E-state index contributed by atoms with van der Waals surface area (Å²) in [6.45, 7) is 6.26. The fraction of sp³-hybridized carbons (Fsp3) is 0.438. The maximum absolute atomic E-state index is 12.2. The van der Waals surface area contributed by atoms with Crippen molar-refractivity contribution in [1.29, 1.82) is 0 Å². The summed E-state index contributed by atoms with van der Waals surface area (Å²) in [4.78, 5) is 14.6. The molecule has 1 aliphatic heterocycles. The monoisotopic (exact) mass is 271 g/mol. The van der Waals surface area contributed by atoms with Gasteiger partial charge >= 0.3 is 0 Å². The van der Waals surface area contributed by atoms with Crippen LogP contribution < -0.4 is 15.8 Å². The first-order chi connectivity index (χ1) is 9.58. The Balaban J connectivity index is 2.20. The van der Waals surface area contributed by atoms with Crippen LogP contribution in [0.2, 0.25) is 0 Å². The Labute approximate surface area is 119 Å². The molecule has 1 saturated heterocycles. The second-order valence-corrected chi connectivity index (χ2v) is 5.75. The van der Waals surface area contributed by atoms with Crippen LogP contribution in [-0.4, -0.2) is 29.7 Å². The first kappa shape index (κ1) is 13.2. The van der Waals surface area contributed by atoms with Gasteiger partial charge in [0.1, 0.15) is 0 Å². The molecule has 2 atom stereocenters. The number of aromatic nitrogens is 1. The molecule has 1 fully saturated rings. The van der Waals surface area contributed by atoms with E-state index in [1.807, 2.05) is 25.2 Å². The maximum atomic E-state index is 12.2. The SMILES string of the molecule is CC1CN(c2cc(=O)n(C)c3ccccc23)C(C)CN1. The van der Waals surface area contributed by atoms with Crippen molar-refractivity contribution in [3.05, 3.63) is 40.7 Å². The van der Waals surface area contributed by atoms with Gasteiger partial charge in [0.2, 0.25) is 0 Å².